The standard InChI is InChI=1S/C30H38N4O3/c1-30(2,3)24-9-11-26(12-10-24)34-17-13-23(14-18-34)28(35)32-27(29(36)37)19-25-15-16-33(21-31-25)20-22-7-5-4-6-8-22/h4-12,15-16,21,23,25,27H,13-14,17-20H2,1-3H3,(H,32,35)(H,36,37). The molecular weight excluding hydrogens is 464 g/mol. The lowest BCUT2D eigenvalue weighted by atomic mass is 9.87. The van der Waals surface area contributed by atoms with Gasteiger partial charge in [0.15, 0.2) is 0 Å². The van der Waals surface area contributed by atoms with E-state index in [0.29, 0.717) is 19.4 Å². The molecular formula is C30H38N4O3. The number of carboxylic acids is 1. The molecule has 2 aliphatic heterocycles. The van der Waals surface area contributed by atoms with Crippen LogP contribution in [0.2, 0.25) is 0 Å². The number of carboxylic acid groups (broad SMARTS) is 1. The van der Waals surface area contributed by atoms with Crippen LogP contribution in [0.4, 0.5) is 5.69 Å². The number of aliphatic imine (C=N–C) groups is 1. The van der Waals surface area contributed by atoms with E-state index in [9.17, 15) is 14.7 Å². The second kappa shape index (κ2) is 11.6. The number of anilines is 1. The zero-order chi connectivity index (χ0) is 26.4. The highest BCUT2D eigenvalue weighted by atomic mass is 16.4. The fraction of sp³-hybridized carbons (Fsp3) is 0.433. The SMILES string of the molecule is CC(C)(C)c1ccc(N2CCC(C(=O)NC(CC3C=CN(Cc4ccccc4)C=N3)C(=O)O)CC2)cc1. The fourth-order valence-electron chi connectivity index (χ4n) is 4.82. The number of benzene rings is 2. The Morgan fingerprint density at radius 2 is 1.73 bits per heavy atom. The van der Waals surface area contributed by atoms with E-state index in [1.165, 1.54) is 16.8 Å². The lowest BCUT2D eigenvalue weighted by Crippen LogP contribution is -2.47. The van der Waals surface area contributed by atoms with Crippen LogP contribution < -0.4 is 10.2 Å². The third-order valence-corrected chi connectivity index (χ3v) is 7.17. The largest absolute Gasteiger partial charge is 0.480 e. The van der Waals surface area contributed by atoms with Gasteiger partial charge in [0, 0.05) is 43.9 Å². The van der Waals surface area contributed by atoms with E-state index in [2.05, 4.69) is 72.4 Å². The smallest absolute Gasteiger partial charge is 0.326 e. The molecule has 0 saturated carbocycles. The number of nitrogens with one attached hydrogen (secondary N) is 1. The maximum absolute atomic E-state index is 13.0. The molecule has 1 fully saturated rings. The first-order valence-electron chi connectivity index (χ1n) is 13.1. The quantitative estimate of drug-likeness (QED) is 0.552. The van der Waals surface area contributed by atoms with Crippen molar-refractivity contribution in [3.8, 4) is 0 Å². The summed E-state index contributed by atoms with van der Waals surface area (Å²) in [7, 11) is 0. The Kier molecular flexibility index (Phi) is 8.31. The van der Waals surface area contributed by atoms with Gasteiger partial charge in [0.25, 0.3) is 0 Å². The van der Waals surface area contributed by atoms with Gasteiger partial charge < -0.3 is 20.2 Å². The fourth-order valence-corrected chi connectivity index (χ4v) is 4.82. The first-order chi connectivity index (χ1) is 17.7. The van der Waals surface area contributed by atoms with Gasteiger partial charge in [-0.15, -0.1) is 0 Å². The van der Waals surface area contributed by atoms with Crippen LogP contribution in [0.25, 0.3) is 0 Å². The number of hydrogen-bond acceptors (Lipinski definition) is 5. The predicted molar refractivity (Wildman–Crippen MR) is 148 cm³/mol. The summed E-state index contributed by atoms with van der Waals surface area (Å²) < 4.78 is 0. The summed E-state index contributed by atoms with van der Waals surface area (Å²) in [5, 5.41) is 12.5. The van der Waals surface area contributed by atoms with Crippen molar-refractivity contribution < 1.29 is 14.7 Å². The minimum absolute atomic E-state index is 0.116. The predicted octanol–water partition coefficient (Wildman–Crippen LogP) is 4.59. The van der Waals surface area contributed by atoms with Crippen LogP contribution >= 0.6 is 0 Å². The van der Waals surface area contributed by atoms with Crippen molar-refractivity contribution >= 4 is 23.9 Å². The molecule has 0 aromatic heterocycles. The van der Waals surface area contributed by atoms with Crippen molar-refractivity contribution in [1.29, 1.82) is 0 Å². The van der Waals surface area contributed by atoms with E-state index in [1.54, 1.807) is 6.34 Å². The van der Waals surface area contributed by atoms with Crippen LogP contribution in [0.5, 0.6) is 0 Å². The molecule has 0 bridgehead atoms. The summed E-state index contributed by atoms with van der Waals surface area (Å²) in [5.41, 5.74) is 3.75. The normalized spacial score (nSPS) is 19.1. The third-order valence-electron chi connectivity index (χ3n) is 7.17. The van der Waals surface area contributed by atoms with Crippen molar-refractivity contribution in [3.05, 3.63) is 78.0 Å². The number of amides is 1. The van der Waals surface area contributed by atoms with Gasteiger partial charge >= 0.3 is 5.97 Å². The summed E-state index contributed by atoms with van der Waals surface area (Å²) in [6.45, 7) is 8.86. The zero-order valence-electron chi connectivity index (χ0n) is 22.0. The Morgan fingerprint density at radius 3 is 2.30 bits per heavy atom. The average Bonchev–Trinajstić information content (AvgIpc) is 2.89. The number of carbonyl (C=O) groups excluding carboxylic acids is 1. The molecule has 2 unspecified atom stereocenters. The molecule has 0 aliphatic carbocycles. The second-order valence-electron chi connectivity index (χ2n) is 11.0. The number of rotatable bonds is 8. The summed E-state index contributed by atoms with van der Waals surface area (Å²) in [4.78, 5) is 33.6. The highest BCUT2D eigenvalue weighted by molar-refractivity contribution is 5.85. The molecule has 7 heteroatoms. The Bertz CT molecular complexity index is 1100. The van der Waals surface area contributed by atoms with E-state index in [-0.39, 0.29) is 29.7 Å². The minimum Gasteiger partial charge on any atom is -0.480 e. The first-order valence-corrected chi connectivity index (χ1v) is 13.1. The molecule has 4 rings (SSSR count). The second-order valence-corrected chi connectivity index (χ2v) is 11.0. The number of carbonyl (C=O) groups is 2. The van der Waals surface area contributed by atoms with E-state index in [1.807, 2.05) is 35.4 Å². The van der Waals surface area contributed by atoms with Crippen molar-refractivity contribution in [2.75, 3.05) is 18.0 Å². The summed E-state index contributed by atoms with van der Waals surface area (Å²) in [6, 6.07) is 17.5. The van der Waals surface area contributed by atoms with Crippen molar-refractivity contribution in [2.45, 2.75) is 64.1 Å². The lowest BCUT2D eigenvalue weighted by Gasteiger charge is -2.34. The van der Waals surface area contributed by atoms with Crippen molar-refractivity contribution in [1.82, 2.24) is 10.2 Å². The molecule has 1 amide bonds. The Labute approximate surface area is 219 Å². The number of piperidine rings is 1. The Morgan fingerprint density at radius 1 is 1.05 bits per heavy atom. The minimum atomic E-state index is -1.03. The van der Waals surface area contributed by atoms with Crippen LogP contribution in [-0.4, -0.2) is 53.4 Å². The molecule has 37 heavy (non-hydrogen) atoms. The number of nitrogens with zero attached hydrogens (tertiary/aromatic N) is 3. The van der Waals surface area contributed by atoms with E-state index < -0.39 is 12.0 Å². The van der Waals surface area contributed by atoms with Crippen molar-refractivity contribution in [2.24, 2.45) is 10.9 Å². The molecule has 2 atom stereocenters. The summed E-state index contributed by atoms with van der Waals surface area (Å²) >= 11 is 0. The van der Waals surface area contributed by atoms with Crippen LogP contribution in [-0.2, 0) is 21.5 Å². The summed E-state index contributed by atoms with van der Waals surface area (Å²) in [6.07, 6.45) is 7.20. The molecule has 196 valence electrons. The molecule has 0 radical (unpaired) electrons. The van der Waals surface area contributed by atoms with Crippen molar-refractivity contribution in [3.63, 3.8) is 0 Å². The number of aliphatic carboxylic acids is 1. The summed E-state index contributed by atoms with van der Waals surface area (Å²) in [5.74, 6) is -1.39. The zero-order valence-corrected chi connectivity index (χ0v) is 22.0. The van der Waals surface area contributed by atoms with Crippen LogP contribution in [0.15, 0.2) is 71.9 Å². The monoisotopic (exact) mass is 502 g/mol. The lowest BCUT2D eigenvalue weighted by molar-refractivity contribution is -0.142. The Hall–Kier alpha value is -3.61. The highest BCUT2D eigenvalue weighted by Crippen LogP contribution is 2.28. The molecule has 1 saturated heterocycles. The van der Waals surface area contributed by atoms with Crippen LogP contribution in [0.1, 0.15) is 51.2 Å². The molecule has 2 aromatic rings. The van der Waals surface area contributed by atoms with Gasteiger partial charge in [0.2, 0.25) is 5.91 Å². The maximum Gasteiger partial charge on any atom is 0.326 e. The topological polar surface area (TPSA) is 85.2 Å². The highest BCUT2D eigenvalue weighted by Gasteiger charge is 2.30. The Balaban J connectivity index is 1.26. The number of hydrogen-bond donors (Lipinski definition) is 2. The molecule has 7 nitrogen and oxygen atoms in total. The first kappa shape index (κ1) is 26.5. The van der Waals surface area contributed by atoms with Gasteiger partial charge in [-0.3, -0.25) is 9.79 Å². The molecule has 2 aliphatic rings. The third kappa shape index (κ3) is 7.21. The average molecular weight is 503 g/mol. The van der Waals surface area contributed by atoms with Gasteiger partial charge in [-0.05, 0) is 47.6 Å². The van der Waals surface area contributed by atoms with Gasteiger partial charge in [-0.2, -0.15) is 0 Å². The maximum atomic E-state index is 13.0. The van der Waals surface area contributed by atoms with Gasteiger partial charge in [-0.25, -0.2) is 4.79 Å². The van der Waals surface area contributed by atoms with E-state index in [0.717, 1.165) is 13.1 Å². The molecule has 0 spiro atoms. The van der Waals surface area contributed by atoms with Crippen LogP contribution in [0.3, 0.4) is 0 Å². The van der Waals surface area contributed by atoms with Gasteiger partial charge in [0.1, 0.15) is 6.04 Å². The molecule has 2 N–H and O–H groups in total. The van der Waals surface area contributed by atoms with Crippen LogP contribution in [0, 0.1) is 5.92 Å². The van der Waals surface area contributed by atoms with E-state index in [4.69, 9.17) is 0 Å². The molecule has 2 heterocycles. The molecule has 2 aromatic carbocycles. The van der Waals surface area contributed by atoms with Gasteiger partial charge in [0.05, 0.1) is 12.4 Å². The van der Waals surface area contributed by atoms with E-state index >= 15 is 0 Å². The van der Waals surface area contributed by atoms with Gasteiger partial charge in [-0.1, -0.05) is 63.2 Å².